The molecule has 0 aliphatic heterocycles. The van der Waals surface area contributed by atoms with Crippen molar-refractivity contribution in [1.82, 2.24) is 0 Å². The summed E-state index contributed by atoms with van der Waals surface area (Å²) >= 11 is 0. The molecular formula is C20H24N5O5+. The summed E-state index contributed by atoms with van der Waals surface area (Å²) in [6, 6.07) is 12.5. The lowest BCUT2D eigenvalue weighted by Gasteiger charge is -2.17. The molecule has 10 nitrogen and oxygen atoms in total. The summed E-state index contributed by atoms with van der Waals surface area (Å²) in [5.74, 6) is -0.890. The van der Waals surface area contributed by atoms with E-state index >= 15 is 0 Å². The Morgan fingerprint density at radius 1 is 0.900 bits per heavy atom. The molecule has 2 aromatic carbocycles. The molecule has 0 aliphatic carbocycles. The van der Waals surface area contributed by atoms with Crippen molar-refractivity contribution in [3.05, 3.63) is 58.6 Å². The van der Waals surface area contributed by atoms with E-state index in [1.165, 1.54) is 25.1 Å². The summed E-state index contributed by atoms with van der Waals surface area (Å²) < 4.78 is 0. The van der Waals surface area contributed by atoms with Gasteiger partial charge in [-0.3, -0.25) is 24.5 Å². The first kappa shape index (κ1) is 22.5. The number of amides is 3. The van der Waals surface area contributed by atoms with Crippen molar-refractivity contribution in [2.45, 2.75) is 13.8 Å². The minimum absolute atomic E-state index is 0.0164. The third-order valence-electron chi connectivity index (χ3n) is 4.18. The summed E-state index contributed by atoms with van der Waals surface area (Å²) in [5.41, 5.74) is 1.11. The van der Waals surface area contributed by atoms with Crippen LogP contribution in [0.5, 0.6) is 0 Å². The van der Waals surface area contributed by atoms with Crippen LogP contribution in [0.25, 0.3) is 0 Å². The van der Waals surface area contributed by atoms with Gasteiger partial charge in [-0.05, 0) is 37.3 Å². The highest BCUT2D eigenvalue weighted by molar-refractivity contribution is 5.95. The number of benzene rings is 2. The van der Waals surface area contributed by atoms with Crippen molar-refractivity contribution in [3.63, 3.8) is 0 Å². The second-order valence-corrected chi connectivity index (χ2v) is 6.59. The van der Waals surface area contributed by atoms with Gasteiger partial charge < -0.3 is 20.9 Å². The molecule has 0 saturated carbocycles. The van der Waals surface area contributed by atoms with Crippen molar-refractivity contribution in [2.24, 2.45) is 0 Å². The van der Waals surface area contributed by atoms with Gasteiger partial charge >= 0.3 is 0 Å². The second kappa shape index (κ2) is 10.7. The number of hydrogen-bond acceptors (Lipinski definition) is 5. The Hall–Kier alpha value is -3.79. The van der Waals surface area contributed by atoms with Gasteiger partial charge in [-0.25, -0.2) is 0 Å². The molecule has 0 heterocycles. The van der Waals surface area contributed by atoms with Crippen molar-refractivity contribution >= 4 is 40.5 Å². The number of carbonyl (C=O) groups is 3. The van der Waals surface area contributed by atoms with Gasteiger partial charge in [0.1, 0.15) is 5.69 Å². The van der Waals surface area contributed by atoms with E-state index in [-0.39, 0.29) is 36.3 Å². The summed E-state index contributed by atoms with van der Waals surface area (Å²) in [5, 5.41) is 19.0. The lowest BCUT2D eigenvalue weighted by Crippen LogP contribution is -3.13. The molecule has 158 valence electrons. The molecule has 30 heavy (non-hydrogen) atoms. The summed E-state index contributed by atoms with van der Waals surface area (Å²) in [6.07, 6.45) is 0. The molecule has 10 heteroatoms. The zero-order valence-corrected chi connectivity index (χ0v) is 16.7. The molecule has 4 N–H and O–H groups in total. The first-order chi connectivity index (χ1) is 14.3. The zero-order valence-electron chi connectivity index (χ0n) is 16.7. The minimum Gasteiger partial charge on any atom is -0.326 e. The van der Waals surface area contributed by atoms with Gasteiger partial charge in [-0.15, -0.1) is 0 Å². The molecule has 0 aromatic heterocycles. The van der Waals surface area contributed by atoms with Crippen LogP contribution >= 0.6 is 0 Å². The number of nitro benzene ring substituents is 1. The van der Waals surface area contributed by atoms with Crippen LogP contribution in [0.15, 0.2) is 48.5 Å². The number of nitro groups is 1. The Balaban J connectivity index is 1.90. The van der Waals surface area contributed by atoms with Crippen molar-refractivity contribution in [3.8, 4) is 0 Å². The van der Waals surface area contributed by atoms with Gasteiger partial charge in [0, 0.05) is 24.4 Å². The lowest BCUT2D eigenvalue weighted by molar-refractivity contribution is -0.881. The molecular weight excluding hydrogens is 390 g/mol. The van der Waals surface area contributed by atoms with Crippen LogP contribution in [-0.4, -0.2) is 42.3 Å². The van der Waals surface area contributed by atoms with E-state index in [9.17, 15) is 24.5 Å². The molecule has 1 unspecified atom stereocenters. The number of anilines is 3. The van der Waals surface area contributed by atoms with Crippen LogP contribution in [0.1, 0.15) is 13.8 Å². The number of carbonyl (C=O) groups excluding carboxylic acids is 3. The Labute approximate surface area is 173 Å². The quantitative estimate of drug-likeness (QED) is 0.359. The highest BCUT2D eigenvalue weighted by Crippen LogP contribution is 2.22. The summed E-state index contributed by atoms with van der Waals surface area (Å²) in [6.45, 7) is 3.79. The number of nitrogens with zero attached hydrogens (tertiary/aromatic N) is 1. The Kier molecular flexibility index (Phi) is 8.00. The van der Waals surface area contributed by atoms with Crippen LogP contribution in [0.2, 0.25) is 0 Å². The molecule has 0 fully saturated rings. The normalized spacial score (nSPS) is 11.3. The van der Waals surface area contributed by atoms with Gasteiger partial charge in [0.2, 0.25) is 5.91 Å². The highest BCUT2D eigenvalue weighted by atomic mass is 16.6. The fourth-order valence-corrected chi connectivity index (χ4v) is 2.74. The molecule has 2 rings (SSSR count). The lowest BCUT2D eigenvalue weighted by atomic mass is 10.2. The average Bonchev–Trinajstić information content (AvgIpc) is 2.68. The minimum atomic E-state index is -0.565. The largest absolute Gasteiger partial charge is 0.326 e. The van der Waals surface area contributed by atoms with E-state index in [1.807, 2.05) is 6.92 Å². The number of nitrogens with one attached hydrogen (secondary N) is 4. The van der Waals surface area contributed by atoms with Crippen LogP contribution in [0.4, 0.5) is 22.7 Å². The third-order valence-corrected chi connectivity index (χ3v) is 4.18. The van der Waals surface area contributed by atoms with Gasteiger partial charge in [-0.2, -0.15) is 0 Å². The first-order valence-electron chi connectivity index (χ1n) is 9.32. The maximum Gasteiger partial charge on any atom is 0.292 e. The smallest absolute Gasteiger partial charge is 0.292 e. The monoisotopic (exact) mass is 414 g/mol. The predicted octanol–water partition coefficient (Wildman–Crippen LogP) is 1.04. The van der Waals surface area contributed by atoms with Gasteiger partial charge in [-0.1, -0.05) is 12.1 Å². The van der Waals surface area contributed by atoms with E-state index in [1.54, 1.807) is 30.3 Å². The fraction of sp³-hybridized carbons (Fsp3) is 0.250. The first-order valence-corrected chi connectivity index (χ1v) is 9.32. The molecule has 1 atom stereocenters. The SMILES string of the molecule is CC[NH+](CC(=O)Nc1ccc(NC(C)=O)cc1)CC(=O)Nc1ccccc1[N+](=O)[O-]. The van der Waals surface area contributed by atoms with E-state index in [2.05, 4.69) is 16.0 Å². The van der Waals surface area contributed by atoms with Crippen LogP contribution < -0.4 is 20.9 Å². The van der Waals surface area contributed by atoms with Gasteiger partial charge in [0.25, 0.3) is 17.5 Å². The maximum absolute atomic E-state index is 12.3. The Bertz CT molecular complexity index is 929. The van der Waals surface area contributed by atoms with E-state index in [4.69, 9.17) is 0 Å². The number of quaternary nitrogens is 1. The van der Waals surface area contributed by atoms with E-state index in [0.29, 0.717) is 22.8 Å². The average molecular weight is 414 g/mol. The maximum atomic E-state index is 12.3. The number of rotatable bonds is 9. The van der Waals surface area contributed by atoms with Crippen molar-refractivity contribution in [2.75, 3.05) is 35.6 Å². The van der Waals surface area contributed by atoms with E-state index < -0.39 is 10.8 Å². The molecule has 0 radical (unpaired) electrons. The predicted molar refractivity (Wildman–Crippen MR) is 112 cm³/mol. The molecule has 0 saturated heterocycles. The highest BCUT2D eigenvalue weighted by Gasteiger charge is 2.20. The van der Waals surface area contributed by atoms with Crippen molar-refractivity contribution in [1.29, 1.82) is 0 Å². The fourth-order valence-electron chi connectivity index (χ4n) is 2.74. The Morgan fingerprint density at radius 3 is 1.97 bits per heavy atom. The van der Waals surface area contributed by atoms with Gasteiger partial charge in [0.15, 0.2) is 13.1 Å². The zero-order chi connectivity index (χ0) is 22.1. The molecule has 2 aromatic rings. The topological polar surface area (TPSA) is 135 Å². The van der Waals surface area contributed by atoms with Crippen molar-refractivity contribution < 1.29 is 24.2 Å². The summed E-state index contributed by atoms with van der Waals surface area (Å²) in [4.78, 5) is 46.8. The van der Waals surface area contributed by atoms with Crippen LogP contribution in [-0.2, 0) is 14.4 Å². The molecule has 0 spiro atoms. The van der Waals surface area contributed by atoms with Gasteiger partial charge in [0.05, 0.1) is 11.5 Å². The summed E-state index contributed by atoms with van der Waals surface area (Å²) in [7, 11) is 0. The van der Waals surface area contributed by atoms with Crippen LogP contribution in [0.3, 0.4) is 0 Å². The molecule has 3 amide bonds. The third kappa shape index (κ3) is 6.99. The Morgan fingerprint density at radius 2 is 1.43 bits per heavy atom. The standard InChI is InChI=1S/C20H23N5O5/c1-3-24(13-20(28)23-17-6-4-5-7-18(17)25(29)30)12-19(27)22-16-10-8-15(9-11-16)21-14(2)26/h4-11H,3,12-13H2,1-2H3,(H,21,26)(H,22,27)(H,23,28)/p+1. The number of likely N-dealkylation sites (N-methyl/N-ethyl adjacent to an activating group) is 1. The molecule has 0 aliphatic rings. The molecule has 0 bridgehead atoms. The van der Waals surface area contributed by atoms with E-state index in [0.717, 1.165) is 0 Å². The number of hydrogen-bond donors (Lipinski definition) is 4. The number of para-hydroxylation sites is 2. The second-order valence-electron chi connectivity index (χ2n) is 6.59. The van der Waals surface area contributed by atoms with Crippen LogP contribution in [0, 0.1) is 10.1 Å².